The van der Waals surface area contributed by atoms with Crippen molar-refractivity contribution >= 4 is 37.9 Å². The Bertz CT molecular complexity index is 619. The first-order valence-electron chi connectivity index (χ1n) is 4.96. The summed E-state index contributed by atoms with van der Waals surface area (Å²) >= 11 is 3.31. The SMILES string of the molecule is Cc1cc(-c2nc3ccccc3s2)c(N)s1. The molecular formula is C12H10N2S2. The number of rotatable bonds is 1. The van der Waals surface area contributed by atoms with E-state index in [1.54, 1.807) is 22.7 Å². The van der Waals surface area contributed by atoms with Crippen molar-refractivity contribution in [2.24, 2.45) is 0 Å². The quantitative estimate of drug-likeness (QED) is 0.707. The molecule has 1 aromatic carbocycles. The van der Waals surface area contributed by atoms with Gasteiger partial charge in [-0.15, -0.1) is 22.7 Å². The molecule has 0 radical (unpaired) electrons. The van der Waals surface area contributed by atoms with Gasteiger partial charge in [0.2, 0.25) is 0 Å². The van der Waals surface area contributed by atoms with Gasteiger partial charge in [0, 0.05) is 10.4 Å². The zero-order valence-corrected chi connectivity index (χ0v) is 10.4. The summed E-state index contributed by atoms with van der Waals surface area (Å²) in [5.74, 6) is 0. The van der Waals surface area contributed by atoms with Crippen LogP contribution in [0, 0.1) is 6.92 Å². The number of thiophene rings is 1. The molecule has 0 amide bonds. The van der Waals surface area contributed by atoms with Crippen molar-refractivity contribution in [2.75, 3.05) is 5.73 Å². The van der Waals surface area contributed by atoms with Gasteiger partial charge in [-0.3, -0.25) is 0 Å². The first-order valence-corrected chi connectivity index (χ1v) is 6.59. The van der Waals surface area contributed by atoms with Gasteiger partial charge in [-0.25, -0.2) is 4.98 Å². The topological polar surface area (TPSA) is 38.9 Å². The molecule has 2 heterocycles. The summed E-state index contributed by atoms with van der Waals surface area (Å²) < 4.78 is 1.21. The van der Waals surface area contributed by atoms with Crippen LogP contribution in [0.4, 0.5) is 5.00 Å². The molecule has 4 heteroatoms. The highest BCUT2D eigenvalue weighted by atomic mass is 32.1. The predicted octanol–water partition coefficient (Wildman–Crippen LogP) is 3.92. The highest BCUT2D eigenvalue weighted by Crippen LogP contribution is 2.37. The number of benzene rings is 1. The second-order valence-electron chi connectivity index (χ2n) is 3.62. The summed E-state index contributed by atoms with van der Waals surface area (Å²) in [6.07, 6.45) is 0. The van der Waals surface area contributed by atoms with Crippen LogP contribution in [0.25, 0.3) is 20.8 Å². The number of aryl methyl sites for hydroxylation is 1. The van der Waals surface area contributed by atoms with Crippen LogP contribution in [0.15, 0.2) is 30.3 Å². The Labute approximate surface area is 101 Å². The summed E-state index contributed by atoms with van der Waals surface area (Å²) in [6, 6.07) is 10.3. The lowest BCUT2D eigenvalue weighted by atomic mass is 10.3. The molecule has 16 heavy (non-hydrogen) atoms. The van der Waals surface area contributed by atoms with E-state index < -0.39 is 0 Å². The lowest BCUT2D eigenvalue weighted by molar-refractivity contribution is 1.48. The Kier molecular flexibility index (Phi) is 2.19. The second-order valence-corrected chi connectivity index (χ2v) is 5.94. The number of nitrogens with zero attached hydrogens (tertiary/aromatic N) is 1. The van der Waals surface area contributed by atoms with Gasteiger partial charge < -0.3 is 5.73 Å². The van der Waals surface area contributed by atoms with Crippen LogP contribution in [-0.4, -0.2) is 4.98 Å². The first kappa shape index (κ1) is 9.81. The molecular weight excluding hydrogens is 236 g/mol. The zero-order valence-electron chi connectivity index (χ0n) is 8.73. The van der Waals surface area contributed by atoms with Crippen molar-refractivity contribution in [3.05, 3.63) is 35.2 Å². The average molecular weight is 246 g/mol. The van der Waals surface area contributed by atoms with Gasteiger partial charge in [0.05, 0.1) is 15.2 Å². The fraction of sp³-hybridized carbons (Fsp3) is 0.0833. The highest BCUT2D eigenvalue weighted by Gasteiger charge is 2.11. The third-order valence-corrected chi connectivity index (χ3v) is 4.36. The summed E-state index contributed by atoms with van der Waals surface area (Å²) in [7, 11) is 0. The number of fused-ring (bicyclic) bond motifs is 1. The van der Waals surface area contributed by atoms with E-state index in [-0.39, 0.29) is 0 Å². The van der Waals surface area contributed by atoms with E-state index in [1.807, 2.05) is 18.2 Å². The van der Waals surface area contributed by atoms with Crippen molar-refractivity contribution in [3.63, 3.8) is 0 Å². The number of anilines is 1. The minimum Gasteiger partial charge on any atom is -0.390 e. The Morgan fingerprint density at radius 2 is 2.00 bits per heavy atom. The maximum atomic E-state index is 5.98. The molecule has 0 saturated heterocycles. The zero-order chi connectivity index (χ0) is 11.1. The van der Waals surface area contributed by atoms with Crippen molar-refractivity contribution in [3.8, 4) is 10.6 Å². The molecule has 3 rings (SSSR count). The Balaban J connectivity index is 2.22. The van der Waals surface area contributed by atoms with Gasteiger partial charge in [-0.2, -0.15) is 0 Å². The Morgan fingerprint density at radius 1 is 1.19 bits per heavy atom. The number of hydrogen-bond donors (Lipinski definition) is 1. The fourth-order valence-electron chi connectivity index (χ4n) is 1.69. The number of aromatic nitrogens is 1. The van der Waals surface area contributed by atoms with Gasteiger partial charge >= 0.3 is 0 Å². The summed E-state index contributed by atoms with van der Waals surface area (Å²) in [5, 5.41) is 1.87. The molecule has 0 atom stereocenters. The third-order valence-electron chi connectivity index (χ3n) is 2.41. The minimum atomic E-state index is 0.858. The molecule has 0 aliphatic heterocycles. The van der Waals surface area contributed by atoms with Crippen LogP contribution >= 0.6 is 22.7 Å². The maximum absolute atomic E-state index is 5.98. The van der Waals surface area contributed by atoms with E-state index in [0.717, 1.165) is 21.1 Å². The van der Waals surface area contributed by atoms with Gasteiger partial charge in [-0.1, -0.05) is 12.1 Å². The molecule has 0 saturated carbocycles. The molecule has 80 valence electrons. The smallest absolute Gasteiger partial charge is 0.127 e. The molecule has 0 unspecified atom stereocenters. The van der Waals surface area contributed by atoms with Crippen LogP contribution in [0.5, 0.6) is 0 Å². The van der Waals surface area contributed by atoms with E-state index >= 15 is 0 Å². The van der Waals surface area contributed by atoms with Crippen LogP contribution < -0.4 is 5.73 Å². The molecule has 2 aromatic heterocycles. The van der Waals surface area contributed by atoms with E-state index in [0.29, 0.717) is 0 Å². The molecule has 0 spiro atoms. The van der Waals surface area contributed by atoms with Crippen molar-refractivity contribution in [1.82, 2.24) is 4.98 Å². The van der Waals surface area contributed by atoms with E-state index in [2.05, 4.69) is 24.0 Å². The van der Waals surface area contributed by atoms with Gasteiger partial charge in [-0.05, 0) is 25.1 Å². The number of para-hydroxylation sites is 1. The summed E-state index contributed by atoms with van der Waals surface area (Å²) in [6.45, 7) is 2.07. The maximum Gasteiger partial charge on any atom is 0.127 e. The predicted molar refractivity (Wildman–Crippen MR) is 72.1 cm³/mol. The molecule has 0 aliphatic carbocycles. The van der Waals surface area contributed by atoms with Gasteiger partial charge in [0.25, 0.3) is 0 Å². The standard InChI is InChI=1S/C12H10N2S2/c1-7-6-8(11(13)15-7)12-14-9-4-2-3-5-10(9)16-12/h2-6H,13H2,1H3. The van der Waals surface area contributed by atoms with Crippen LogP contribution in [0.2, 0.25) is 0 Å². The molecule has 0 fully saturated rings. The first-order chi connectivity index (χ1) is 7.74. The Hall–Kier alpha value is -1.39. The molecule has 2 nitrogen and oxygen atoms in total. The van der Waals surface area contributed by atoms with E-state index in [9.17, 15) is 0 Å². The van der Waals surface area contributed by atoms with Crippen LogP contribution in [0.3, 0.4) is 0 Å². The number of thiazole rings is 1. The molecule has 0 aliphatic rings. The molecule has 2 N–H and O–H groups in total. The Morgan fingerprint density at radius 3 is 2.69 bits per heavy atom. The van der Waals surface area contributed by atoms with Crippen molar-refractivity contribution < 1.29 is 0 Å². The lowest BCUT2D eigenvalue weighted by Gasteiger charge is -1.90. The highest BCUT2D eigenvalue weighted by molar-refractivity contribution is 7.22. The van der Waals surface area contributed by atoms with Gasteiger partial charge in [0.15, 0.2) is 0 Å². The largest absolute Gasteiger partial charge is 0.390 e. The summed E-state index contributed by atoms with van der Waals surface area (Å²) in [5.41, 5.74) is 8.10. The van der Waals surface area contributed by atoms with E-state index in [1.165, 1.54) is 9.58 Å². The lowest BCUT2D eigenvalue weighted by Crippen LogP contribution is -1.81. The van der Waals surface area contributed by atoms with E-state index in [4.69, 9.17) is 5.73 Å². The third kappa shape index (κ3) is 1.50. The molecule has 0 bridgehead atoms. The average Bonchev–Trinajstić information content (AvgIpc) is 2.81. The monoisotopic (exact) mass is 246 g/mol. The van der Waals surface area contributed by atoms with Gasteiger partial charge in [0.1, 0.15) is 5.01 Å². The molecule has 3 aromatic rings. The van der Waals surface area contributed by atoms with Crippen molar-refractivity contribution in [2.45, 2.75) is 6.92 Å². The summed E-state index contributed by atoms with van der Waals surface area (Å²) in [4.78, 5) is 5.83. The van der Waals surface area contributed by atoms with Crippen molar-refractivity contribution in [1.29, 1.82) is 0 Å². The normalized spacial score (nSPS) is 11.1. The minimum absolute atomic E-state index is 0.858. The second kappa shape index (κ2) is 3.57. The number of hydrogen-bond acceptors (Lipinski definition) is 4. The fourth-order valence-corrected chi connectivity index (χ4v) is 3.54. The number of nitrogen functional groups attached to an aromatic ring is 1. The van der Waals surface area contributed by atoms with Crippen LogP contribution in [0.1, 0.15) is 4.88 Å². The number of nitrogens with two attached hydrogens (primary N) is 1. The van der Waals surface area contributed by atoms with Crippen LogP contribution in [-0.2, 0) is 0 Å².